The van der Waals surface area contributed by atoms with Crippen molar-refractivity contribution in [2.75, 3.05) is 26.2 Å². The summed E-state index contributed by atoms with van der Waals surface area (Å²) in [6, 6.07) is 4.11. The predicted octanol–water partition coefficient (Wildman–Crippen LogP) is 1.26. The molecule has 8 heteroatoms. The number of hydrogen-bond acceptors (Lipinski definition) is 5. The summed E-state index contributed by atoms with van der Waals surface area (Å²) in [7, 11) is 0. The molecule has 0 bridgehead atoms. The highest BCUT2D eigenvalue weighted by molar-refractivity contribution is 5.69. The van der Waals surface area contributed by atoms with Crippen molar-refractivity contribution in [3.05, 3.63) is 35.4 Å². The van der Waals surface area contributed by atoms with E-state index in [-0.39, 0.29) is 24.1 Å². The van der Waals surface area contributed by atoms with E-state index in [1.165, 1.54) is 18.2 Å². The normalized spacial score (nSPS) is 28.3. The smallest absolute Gasteiger partial charge is 0.317 e. The Labute approximate surface area is 151 Å². The van der Waals surface area contributed by atoms with Gasteiger partial charge in [0.2, 0.25) is 0 Å². The van der Waals surface area contributed by atoms with Gasteiger partial charge < -0.3 is 10.4 Å². The molecule has 1 heterocycles. The molecule has 6 nitrogen and oxygen atoms in total. The molecule has 2 aliphatic rings. The molecule has 0 aromatic heterocycles. The predicted molar refractivity (Wildman–Crippen MR) is 93.4 cm³/mol. The minimum absolute atomic E-state index is 0.0294. The van der Waals surface area contributed by atoms with Crippen LogP contribution in [-0.4, -0.2) is 54.2 Å². The number of nitrogens with one attached hydrogen (secondary N) is 3. The molecule has 3 rings (SSSR count). The number of aliphatic carboxylic acids is 1. The van der Waals surface area contributed by atoms with E-state index >= 15 is 0 Å². The second kappa shape index (κ2) is 8.39. The summed E-state index contributed by atoms with van der Waals surface area (Å²) >= 11 is 0. The van der Waals surface area contributed by atoms with Crippen LogP contribution in [0.3, 0.4) is 0 Å². The van der Waals surface area contributed by atoms with Crippen molar-refractivity contribution in [2.45, 2.75) is 37.9 Å². The summed E-state index contributed by atoms with van der Waals surface area (Å²) in [6.07, 6.45) is 1.79. The lowest BCUT2D eigenvalue weighted by Crippen LogP contribution is -2.54. The molecular weight excluding hydrogens is 342 g/mol. The number of carboxylic acids is 1. The lowest BCUT2D eigenvalue weighted by atomic mass is 9.84. The van der Waals surface area contributed by atoms with E-state index in [0.29, 0.717) is 19.1 Å². The molecule has 1 aliphatic heterocycles. The third-order valence-electron chi connectivity index (χ3n) is 5.45. The maximum absolute atomic E-state index is 14.1. The topological polar surface area (TPSA) is 76.6 Å². The molecule has 0 spiro atoms. The summed E-state index contributed by atoms with van der Waals surface area (Å²) in [6.45, 7) is 4.02. The molecule has 1 saturated carbocycles. The molecule has 144 valence electrons. The third-order valence-corrected chi connectivity index (χ3v) is 5.45. The van der Waals surface area contributed by atoms with Crippen molar-refractivity contribution in [3.8, 4) is 0 Å². The lowest BCUT2D eigenvalue weighted by molar-refractivity contribution is -0.139. The summed E-state index contributed by atoms with van der Waals surface area (Å²) in [4.78, 5) is 12.9. The van der Waals surface area contributed by atoms with Crippen LogP contribution in [0.15, 0.2) is 18.2 Å². The maximum atomic E-state index is 14.1. The van der Waals surface area contributed by atoms with Crippen LogP contribution in [0.1, 0.15) is 31.4 Å². The molecule has 2 fully saturated rings. The number of carbonyl (C=O) groups is 1. The first kappa shape index (κ1) is 19.2. The zero-order valence-electron chi connectivity index (χ0n) is 14.8. The zero-order chi connectivity index (χ0) is 18.7. The number of nitrogens with zero attached hydrogens (tertiary/aromatic N) is 1. The first-order chi connectivity index (χ1) is 12.5. The molecule has 1 aromatic carbocycles. The van der Waals surface area contributed by atoms with Crippen molar-refractivity contribution in [2.24, 2.45) is 5.92 Å². The number of hydrogen-bond donors (Lipinski definition) is 4. The number of benzene rings is 1. The van der Waals surface area contributed by atoms with Crippen LogP contribution in [0, 0.1) is 17.6 Å². The van der Waals surface area contributed by atoms with Crippen molar-refractivity contribution in [3.63, 3.8) is 0 Å². The van der Waals surface area contributed by atoms with Crippen LogP contribution < -0.4 is 16.2 Å². The number of rotatable bonds is 8. The van der Waals surface area contributed by atoms with Gasteiger partial charge in [-0.25, -0.2) is 14.2 Å². The second-order valence-corrected chi connectivity index (χ2v) is 7.09. The van der Waals surface area contributed by atoms with Gasteiger partial charge in [-0.05, 0) is 31.5 Å². The highest BCUT2D eigenvalue weighted by atomic mass is 19.1. The summed E-state index contributed by atoms with van der Waals surface area (Å²) in [5, 5.41) is 12.4. The molecule has 0 amide bonds. The largest absolute Gasteiger partial charge is 0.480 e. The molecule has 0 radical (unpaired) electrons. The quantitative estimate of drug-likeness (QED) is 0.554. The van der Waals surface area contributed by atoms with Crippen LogP contribution >= 0.6 is 0 Å². The van der Waals surface area contributed by atoms with Crippen LogP contribution in [0.5, 0.6) is 0 Å². The standard InChI is InChI=1S/C18H26F2N4O2/c1-2-24(10-16(25)26)13-6-12(7-13)21-8-11-9-22-23-18(11)17-14(19)4-3-5-15(17)20/h3-5,11-13,18,21-23H,2,6-10H2,1H3,(H,25,26). The zero-order valence-corrected chi connectivity index (χ0v) is 14.8. The SMILES string of the molecule is CCN(CC(=O)O)C1CC(NCC2CNNC2c2c(F)cccc2F)C1. The molecule has 1 saturated heterocycles. The van der Waals surface area contributed by atoms with Gasteiger partial charge in [0.15, 0.2) is 0 Å². The average Bonchev–Trinajstić information content (AvgIpc) is 3.00. The van der Waals surface area contributed by atoms with E-state index in [9.17, 15) is 13.6 Å². The third kappa shape index (κ3) is 4.20. The van der Waals surface area contributed by atoms with Gasteiger partial charge in [0.05, 0.1) is 12.6 Å². The fraction of sp³-hybridized carbons (Fsp3) is 0.611. The Bertz CT molecular complexity index is 619. The van der Waals surface area contributed by atoms with Gasteiger partial charge in [-0.15, -0.1) is 0 Å². The van der Waals surface area contributed by atoms with Gasteiger partial charge in [-0.2, -0.15) is 0 Å². The van der Waals surface area contributed by atoms with E-state index in [4.69, 9.17) is 5.11 Å². The van der Waals surface area contributed by atoms with Gasteiger partial charge in [0, 0.05) is 36.7 Å². The molecule has 2 atom stereocenters. The Balaban J connectivity index is 1.50. The van der Waals surface area contributed by atoms with Gasteiger partial charge in [0.1, 0.15) is 11.6 Å². The summed E-state index contributed by atoms with van der Waals surface area (Å²) in [5.74, 6) is -1.85. The molecule has 1 aliphatic carbocycles. The number of carboxylic acid groups (broad SMARTS) is 1. The van der Waals surface area contributed by atoms with E-state index in [1.807, 2.05) is 11.8 Å². The van der Waals surface area contributed by atoms with Crippen molar-refractivity contribution in [1.29, 1.82) is 0 Å². The van der Waals surface area contributed by atoms with Crippen LogP contribution in [-0.2, 0) is 4.79 Å². The van der Waals surface area contributed by atoms with E-state index in [1.54, 1.807) is 0 Å². The van der Waals surface area contributed by atoms with Crippen molar-refractivity contribution < 1.29 is 18.7 Å². The van der Waals surface area contributed by atoms with Gasteiger partial charge in [0.25, 0.3) is 0 Å². The molecule has 1 aromatic rings. The average molecular weight is 368 g/mol. The molecule has 26 heavy (non-hydrogen) atoms. The van der Waals surface area contributed by atoms with E-state index in [0.717, 1.165) is 19.4 Å². The van der Waals surface area contributed by atoms with Crippen molar-refractivity contribution in [1.82, 2.24) is 21.1 Å². The monoisotopic (exact) mass is 368 g/mol. The number of likely N-dealkylation sites (N-methyl/N-ethyl adjacent to an activating group) is 1. The van der Waals surface area contributed by atoms with Gasteiger partial charge >= 0.3 is 5.97 Å². The number of hydrazine groups is 1. The molecule has 2 unspecified atom stereocenters. The highest BCUT2D eigenvalue weighted by Crippen LogP contribution is 2.30. The Morgan fingerprint density at radius 1 is 1.35 bits per heavy atom. The van der Waals surface area contributed by atoms with Crippen LogP contribution in [0.4, 0.5) is 8.78 Å². The van der Waals surface area contributed by atoms with E-state index in [2.05, 4.69) is 16.2 Å². The lowest BCUT2D eigenvalue weighted by Gasteiger charge is -2.43. The van der Waals surface area contributed by atoms with Gasteiger partial charge in [-0.1, -0.05) is 13.0 Å². The fourth-order valence-electron chi connectivity index (χ4n) is 3.88. The van der Waals surface area contributed by atoms with Crippen LogP contribution in [0.25, 0.3) is 0 Å². The Morgan fingerprint density at radius 2 is 2.04 bits per heavy atom. The highest BCUT2D eigenvalue weighted by Gasteiger charge is 2.36. The van der Waals surface area contributed by atoms with Crippen LogP contribution in [0.2, 0.25) is 0 Å². The maximum Gasteiger partial charge on any atom is 0.317 e. The molecule has 4 N–H and O–H groups in total. The number of halogens is 2. The fourth-order valence-corrected chi connectivity index (χ4v) is 3.88. The minimum Gasteiger partial charge on any atom is -0.480 e. The Kier molecular flexibility index (Phi) is 6.18. The summed E-state index contributed by atoms with van der Waals surface area (Å²) < 4.78 is 28.1. The Morgan fingerprint density at radius 3 is 2.65 bits per heavy atom. The van der Waals surface area contributed by atoms with Crippen molar-refractivity contribution >= 4 is 5.97 Å². The molecular formula is C18H26F2N4O2. The Hall–Kier alpha value is -1.61. The first-order valence-electron chi connectivity index (χ1n) is 9.11. The summed E-state index contributed by atoms with van der Waals surface area (Å²) in [5.41, 5.74) is 6.05. The minimum atomic E-state index is -0.805. The first-order valence-corrected chi connectivity index (χ1v) is 9.11. The van der Waals surface area contributed by atoms with Gasteiger partial charge in [-0.3, -0.25) is 15.1 Å². The van der Waals surface area contributed by atoms with E-state index < -0.39 is 23.6 Å². The second-order valence-electron chi connectivity index (χ2n) is 7.09.